The van der Waals surface area contributed by atoms with Gasteiger partial charge in [0.25, 0.3) is 0 Å². The van der Waals surface area contributed by atoms with Crippen molar-refractivity contribution in [1.29, 1.82) is 0 Å². The molecule has 15 heavy (non-hydrogen) atoms. The predicted octanol–water partition coefficient (Wildman–Crippen LogP) is 1.21. The summed E-state index contributed by atoms with van der Waals surface area (Å²) in [5.74, 6) is 0. The first-order valence-corrected chi connectivity index (χ1v) is 5.48. The molecular formula is C10H14BrN3O. The summed E-state index contributed by atoms with van der Waals surface area (Å²) in [5.41, 5.74) is 6.30. The number of hydrogen-bond donors (Lipinski definition) is 3. The van der Waals surface area contributed by atoms with Gasteiger partial charge in [-0.3, -0.25) is 0 Å². The molecule has 0 radical (unpaired) electrons. The van der Waals surface area contributed by atoms with Crippen molar-refractivity contribution in [1.82, 2.24) is 10.6 Å². The first-order valence-electron chi connectivity index (χ1n) is 4.69. The van der Waals surface area contributed by atoms with Crippen molar-refractivity contribution >= 4 is 22.0 Å². The molecule has 0 spiro atoms. The molecule has 4 nitrogen and oxygen atoms in total. The van der Waals surface area contributed by atoms with Gasteiger partial charge in [0.05, 0.1) is 0 Å². The van der Waals surface area contributed by atoms with Crippen LogP contribution in [0.25, 0.3) is 0 Å². The van der Waals surface area contributed by atoms with Gasteiger partial charge in [-0.15, -0.1) is 0 Å². The van der Waals surface area contributed by atoms with Crippen molar-refractivity contribution in [2.45, 2.75) is 6.54 Å². The highest BCUT2D eigenvalue weighted by molar-refractivity contribution is 9.10. The van der Waals surface area contributed by atoms with Gasteiger partial charge in [-0.1, -0.05) is 34.1 Å². The van der Waals surface area contributed by atoms with E-state index in [4.69, 9.17) is 5.73 Å². The standard InChI is InChI=1S/C10H14BrN3O/c11-9-4-2-1-3-8(9)7-14-10(15)13-6-5-12/h1-4H,5-7,12H2,(H2,13,14,15). The molecule has 1 aromatic carbocycles. The van der Waals surface area contributed by atoms with E-state index in [0.717, 1.165) is 10.0 Å². The number of amides is 2. The first-order chi connectivity index (χ1) is 7.24. The summed E-state index contributed by atoms with van der Waals surface area (Å²) < 4.78 is 0.990. The van der Waals surface area contributed by atoms with Crippen LogP contribution < -0.4 is 16.4 Å². The summed E-state index contributed by atoms with van der Waals surface area (Å²) in [6.07, 6.45) is 0. The van der Waals surface area contributed by atoms with Gasteiger partial charge in [-0.2, -0.15) is 0 Å². The van der Waals surface area contributed by atoms with Gasteiger partial charge in [0.1, 0.15) is 0 Å². The molecule has 0 saturated heterocycles. The summed E-state index contributed by atoms with van der Waals surface area (Å²) >= 11 is 3.41. The highest BCUT2D eigenvalue weighted by Crippen LogP contribution is 2.14. The average Bonchev–Trinajstić information content (AvgIpc) is 2.25. The van der Waals surface area contributed by atoms with Gasteiger partial charge in [0.15, 0.2) is 0 Å². The maximum absolute atomic E-state index is 11.2. The van der Waals surface area contributed by atoms with Crippen LogP contribution in [0.5, 0.6) is 0 Å². The van der Waals surface area contributed by atoms with E-state index in [1.807, 2.05) is 24.3 Å². The van der Waals surface area contributed by atoms with Crippen LogP contribution in [0.3, 0.4) is 0 Å². The lowest BCUT2D eigenvalue weighted by Gasteiger charge is -2.07. The number of carbonyl (C=O) groups excluding carboxylic acids is 1. The van der Waals surface area contributed by atoms with Crippen molar-refractivity contribution in [3.05, 3.63) is 34.3 Å². The number of nitrogens with two attached hydrogens (primary N) is 1. The molecule has 0 aromatic heterocycles. The van der Waals surface area contributed by atoms with E-state index in [1.165, 1.54) is 0 Å². The Bertz CT molecular complexity index is 330. The Balaban J connectivity index is 2.37. The first kappa shape index (κ1) is 12.0. The molecule has 0 atom stereocenters. The van der Waals surface area contributed by atoms with Crippen molar-refractivity contribution in [2.24, 2.45) is 5.73 Å². The van der Waals surface area contributed by atoms with Crippen LogP contribution in [-0.2, 0) is 6.54 Å². The van der Waals surface area contributed by atoms with Crippen molar-refractivity contribution < 1.29 is 4.79 Å². The zero-order chi connectivity index (χ0) is 11.1. The lowest BCUT2D eigenvalue weighted by atomic mass is 10.2. The van der Waals surface area contributed by atoms with E-state index in [-0.39, 0.29) is 6.03 Å². The molecule has 0 bridgehead atoms. The number of hydrogen-bond acceptors (Lipinski definition) is 2. The fourth-order valence-corrected chi connectivity index (χ4v) is 1.49. The normalized spacial score (nSPS) is 9.73. The molecule has 82 valence electrons. The quantitative estimate of drug-likeness (QED) is 0.771. The highest BCUT2D eigenvalue weighted by Gasteiger charge is 2.01. The molecular weight excluding hydrogens is 258 g/mol. The third-order valence-corrected chi connectivity index (χ3v) is 2.60. The molecule has 0 aliphatic heterocycles. The number of halogens is 1. The minimum Gasteiger partial charge on any atom is -0.337 e. The molecule has 4 N–H and O–H groups in total. The van der Waals surface area contributed by atoms with Gasteiger partial charge >= 0.3 is 6.03 Å². The average molecular weight is 272 g/mol. The SMILES string of the molecule is NCCNC(=O)NCc1ccccc1Br. The monoisotopic (exact) mass is 271 g/mol. The molecule has 0 unspecified atom stereocenters. The van der Waals surface area contributed by atoms with Gasteiger partial charge in [-0.25, -0.2) is 4.79 Å². The fourth-order valence-electron chi connectivity index (χ4n) is 1.07. The van der Waals surface area contributed by atoms with Crippen molar-refractivity contribution in [3.63, 3.8) is 0 Å². The second kappa shape index (κ2) is 6.42. The van der Waals surface area contributed by atoms with E-state index in [2.05, 4.69) is 26.6 Å². The Morgan fingerprint density at radius 3 is 2.73 bits per heavy atom. The van der Waals surface area contributed by atoms with Gasteiger partial charge in [-0.05, 0) is 11.6 Å². The fraction of sp³-hybridized carbons (Fsp3) is 0.300. The van der Waals surface area contributed by atoms with Gasteiger partial charge in [0, 0.05) is 24.1 Å². The summed E-state index contributed by atoms with van der Waals surface area (Å²) in [6.45, 7) is 1.43. The van der Waals surface area contributed by atoms with Crippen LogP contribution in [0.2, 0.25) is 0 Å². The molecule has 1 aromatic rings. The van der Waals surface area contributed by atoms with E-state index in [9.17, 15) is 4.79 Å². The molecule has 0 aliphatic carbocycles. The Morgan fingerprint density at radius 1 is 1.33 bits per heavy atom. The molecule has 1 rings (SSSR count). The second-order valence-corrected chi connectivity index (χ2v) is 3.84. The third kappa shape index (κ3) is 4.31. The summed E-state index contributed by atoms with van der Waals surface area (Å²) in [6, 6.07) is 7.56. The predicted molar refractivity (Wildman–Crippen MR) is 63.4 cm³/mol. The van der Waals surface area contributed by atoms with Crippen LogP contribution in [0.4, 0.5) is 4.79 Å². The zero-order valence-corrected chi connectivity index (χ0v) is 9.88. The molecule has 0 aliphatic rings. The van der Waals surface area contributed by atoms with Crippen molar-refractivity contribution in [2.75, 3.05) is 13.1 Å². The number of benzene rings is 1. The zero-order valence-electron chi connectivity index (χ0n) is 8.29. The smallest absolute Gasteiger partial charge is 0.315 e. The lowest BCUT2D eigenvalue weighted by Crippen LogP contribution is -2.37. The number of carbonyl (C=O) groups is 1. The minimum atomic E-state index is -0.198. The third-order valence-electron chi connectivity index (χ3n) is 1.83. The summed E-state index contributed by atoms with van der Waals surface area (Å²) in [4.78, 5) is 11.2. The highest BCUT2D eigenvalue weighted by atomic mass is 79.9. The molecule has 0 fully saturated rings. The minimum absolute atomic E-state index is 0.198. The number of nitrogens with one attached hydrogen (secondary N) is 2. The van der Waals surface area contributed by atoms with Crippen LogP contribution in [0, 0.1) is 0 Å². The Hall–Kier alpha value is -1.07. The largest absolute Gasteiger partial charge is 0.337 e. The topological polar surface area (TPSA) is 67.1 Å². The summed E-state index contributed by atoms with van der Waals surface area (Å²) in [5, 5.41) is 5.37. The van der Waals surface area contributed by atoms with Crippen LogP contribution in [0.15, 0.2) is 28.7 Å². The Labute approximate surface area is 97.4 Å². The van der Waals surface area contributed by atoms with Crippen LogP contribution in [-0.4, -0.2) is 19.1 Å². The van der Waals surface area contributed by atoms with Crippen LogP contribution in [0.1, 0.15) is 5.56 Å². The number of rotatable bonds is 4. The molecule has 0 saturated carbocycles. The lowest BCUT2D eigenvalue weighted by molar-refractivity contribution is 0.241. The van der Waals surface area contributed by atoms with Gasteiger partial charge in [0.2, 0.25) is 0 Å². The second-order valence-electron chi connectivity index (χ2n) is 2.99. The van der Waals surface area contributed by atoms with E-state index in [1.54, 1.807) is 0 Å². The van der Waals surface area contributed by atoms with E-state index in [0.29, 0.717) is 19.6 Å². The summed E-state index contributed by atoms with van der Waals surface area (Å²) in [7, 11) is 0. The van der Waals surface area contributed by atoms with Crippen LogP contribution >= 0.6 is 15.9 Å². The van der Waals surface area contributed by atoms with E-state index >= 15 is 0 Å². The molecule has 2 amide bonds. The maximum atomic E-state index is 11.2. The molecule has 5 heteroatoms. The van der Waals surface area contributed by atoms with Crippen molar-refractivity contribution in [3.8, 4) is 0 Å². The maximum Gasteiger partial charge on any atom is 0.315 e. The number of urea groups is 1. The van der Waals surface area contributed by atoms with E-state index < -0.39 is 0 Å². The van der Waals surface area contributed by atoms with Gasteiger partial charge < -0.3 is 16.4 Å². The Kier molecular flexibility index (Phi) is 5.14. The molecule has 0 heterocycles. The Morgan fingerprint density at radius 2 is 2.07 bits per heavy atom.